The molecule has 5 aromatic carbocycles. The van der Waals surface area contributed by atoms with Gasteiger partial charge >= 0.3 is 0 Å². The van der Waals surface area contributed by atoms with Crippen molar-refractivity contribution < 1.29 is 8.78 Å². The van der Waals surface area contributed by atoms with E-state index in [0.717, 1.165) is 44.8 Å². The fourth-order valence-electron chi connectivity index (χ4n) is 5.23. The molecular formula is C31H21F2N. The predicted octanol–water partition coefficient (Wildman–Crippen LogP) is 8.07. The SMILES string of the molecule is Fc1ccc(C2(c3ccc(F)cc3)c3ccccc3-c3ccc(Nc4ccccc4)cc32)cc1. The van der Waals surface area contributed by atoms with E-state index >= 15 is 0 Å². The highest BCUT2D eigenvalue weighted by atomic mass is 19.1. The first-order valence-corrected chi connectivity index (χ1v) is 11.2. The van der Waals surface area contributed by atoms with Gasteiger partial charge in [-0.15, -0.1) is 0 Å². The number of benzene rings is 5. The number of anilines is 2. The van der Waals surface area contributed by atoms with E-state index in [0.29, 0.717) is 0 Å². The van der Waals surface area contributed by atoms with E-state index < -0.39 is 5.41 Å². The highest BCUT2D eigenvalue weighted by Crippen LogP contribution is 2.56. The monoisotopic (exact) mass is 445 g/mol. The molecule has 0 spiro atoms. The lowest BCUT2D eigenvalue weighted by Crippen LogP contribution is -2.28. The van der Waals surface area contributed by atoms with E-state index in [1.165, 1.54) is 24.3 Å². The fourth-order valence-corrected chi connectivity index (χ4v) is 5.23. The standard InChI is InChI=1S/C31H21F2N/c32-23-14-10-21(11-15-23)31(22-12-16-24(33)17-13-22)29-9-5-4-8-27(29)28-19-18-26(20-30(28)31)34-25-6-2-1-3-7-25/h1-20,34H. The second-order valence-electron chi connectivity index (χ2n) is 8.56. The number of fused-ring (bicyclic) bond motifs is 3. The lowest BCUT2D eigenvalue weighted by molar-refractivity contribution is 0.622. The third-order valence-corrected chi connectivity index (χ3v) is 6.66. The van der Waals surface area contributed by atoms with Gasteiger partial charge in [-0.05, 0) is 81.9 Å². The van der Waals surface area contributed by atoms with Crippen LogP contribution in [0.1, 0.15) is 22.3 Å². The zero-order valence-corrected chi connectivity index (χ0v) is 18.3. The van der Waals surface area contributed by atoms with Crippen LogP contribution < -0.4 is 5.32 Å². The summed E-state index contributed by atoms with van der Waals surface area (Å²) in [5.74, 6) is -0.576. The maximum absolute atomic E-state index is 14.0. The summed E-state index contributed by atoms with van der Waals surface area (Å²) in [7, 11) is 0. The van der Waals surface area contributed by atoms with E-state index in [1.807, 2.05) is 66.7 Å². The molecule has 0 atom stereocenters. The van der Waals surface area contributed by atoms with Crippen LogP contribution in [0.25, 0.3) is 11.1 Å². The Balaban J connectivity index is 1.66. The van der Waals surface area contributed by atoms with Crippen LogP contribution in [-0.2, 0) is 5.41 Å². The van der Waals surface area contributed by atoms with E-state index in [4.69, 9.17) is 0 Å². The molecule has 34 heavy (non-hydrogen) atoms. The molecule has 6 rings (SSSR count). The average Bonchev–Trinajstić information content (AvgIpc) is 3.16. The maximum atomic E-state index is 14.0. The third kappa shape index (κ3) is 3.12. The Labute approximate surface area is 197 Å². The molecule has 164 valence electrons. The summed E-state index contributed by atoms with van der Waals surface area (Å²) in [4.78, 5) is 0. The van der Waals surface area contributed by atoms with Crippen LogP contribution in [0.3, 0.4) is 0 Å². The van der Waals surface area contributed by atoms with E-state index in [-0.39, 0.29) is 11.6 Å². The van der Waals surface area contributed by atoms with Crippen LogP contribution in [-0.4, -0.2) is 0 Å². The molecule has 0 unspecified atom stereocenters. The Morgan fingerprint density at radius 3 is 1.68 bits per heavy atom. The van der Waals surface area contributed by atoms with Gasteiger partial charge in [0.2, 0.25) is 0 Å². The number of para-hydroxylation sites is 1. The minimum atomic E-state index is -0.707. The summed E-state index contributed by atoms with van der Waals surface area (Å²) in [6.07, 6.45) is 0. The second kappa shape index (κ2) is 7.96. The quantitative estimate of drug-likeness (QED) is 0.289. The zero-order chi connectivity index (χ0) is 23.1. The largest absolute Gasteiger partial charge is 0.356 e. The molecule has 0 saturated heterocycles. The Bertz CT molecular complexity index is 1430. The van der Waals surface area contributed by atoms with Crippen LogP contribution in [0.4, 0.5) is 20.2 Å². The summed E-state index contributed by atoms with van der Waals surface area (Å²) in [6, 6.07) is 38.0. The summed E-state index contributed by atoms with van der Waals surface area (Å²) in [5.41, 5.74) is 7.51. The van der Waals surface area contributed by atoms with Crippen LogP contribution in [0.2, 0.25) is 0 Å². The van der Waals surface area contributed by atoms with Gasteiger partial charge in [-0.25, -0.2) is 8.78 Å². The van der Waals surface area contributed by atoms with Gasteiger partial charge in [0.25, 0.3) is 0 Å². The Kier molecular flexibility index (Phi) is 4.77. The lowest BCUT2D eigenvalue weighted by atomic mass is 9.67. The molecule has 3 heteroatoms. The van der Waals surface area contributed by atoms with E-state index in [2.05, 4.69) is 35.6 Å². The molecule has 0 heterocycles. The number of nitrogens with one attached hydrogen (secondary N) is 1. The number of hydrogen-bond donors (Lipinski definition) is 1. The van der Waals surface area contributed by atoms with E-state index in [1.54, 1.807) is 0 Å². The number of halogens is 2. The van der Waals surface area contributed by atoms with Crippen molar-refractivity contribution in [3.63, 3.8) is 0 Å². The van der Waals surface area contributed by atoms with Crippen molar-refractivity contribution in [2.24, 2.45) is 0 Å². The zero-order valence-electron chi connectivity index (χ0n) is 18.3. The topological polar surface area (TPSA) is 12.0 Å². The predicted molar refractivity (Wildman–Crippen MR) is 133 cm³/mol. The lowest BCUT2D eigenvalue weighted by Gasteiger charge is -2.34. The molecule has 1 aliphatic rings. The van der Waals surface area contributed by atoms with Gasteiger partial charge in [0.1, 0.15) is 11.6 Å². The van der Waals surface area contributed by atoms with Crippen molar-refractivity contribution in [2.75, 3.05) is 5.32 Å². The first kappa shape index (κ1) is 20.4. The highest BCUT2D eigenvalue weighted by Gasteiger charge is 2.46. The normalized spacial score (nSPS) is 13.2. The van der Waals surface area contributed by atoms with Gasteiger partial charge < -0.3 is 5.32 Å². The fraction of sp³-hybridized carbons (Fsp3) is 0.0323. The summed E-state index contributed by atoms with van der Waals surface area (Å²) >= 11 is 0. The minimum Gasteiger partial charge on any atom is -0.356 e. The van der Waals surface area contributed by atoms with Crippen molar-refractivity contribution in [3.8, 4) is 11.1 Å². The van der Waals surface area contributed by atoms with Crippen molar-refractivity contribution in [1.82, 2.24) is 0 Å². The molecule has 0 saturated carbocycles. The second-order valence-corrected chi connectivity index (χ2v) is 8.56. The third-order valence-electron chi connectivity index (χ3n) is 6.66. The molecule has 0 radical (unpaired) electrons. The molecule has 1 N–H and O–H groups in total. The van der Waals surface area contributed by atoms with Gasteiger partial charge in [0.15, 0.2) is 0 Å². The number of rotatable bonds is 4. The Hall–Kier alpha value is -4.24. The van der Waals surface area contributed by atoms with E-state index in [9.17, 15) is 8.78 Å². The number of hydrogen-bond acceptors (Lipinski definition) is 1. The van der Waals surface area contributed by atoms with Crippen molar-refractivity contribution in [2.45, 2.75) is 5.41 Å². The van der Waals surface area contributed by atoms with Gasteiger partial charge in [-0.1, -0.05) is 72.8 Å². The minimum absolute atomic E-state index is 0.288. The van der Waals surface area contributed by atoms with Crippen LogP contribution in [0.5, 0.6) is 0 Å². The maximum Gasteiger partial charge on any atom is 0.123 e. The van der Waals surface area contributed by atoms with Crippen molar-refractivity contribution >= 4 is 11.4 Å². The van der Waals surface area contributed by atoms with Gasteiger partial charge in [-0.3, -0.25) is 0 Å². The van der Waals surface area contributed by atoms with Gasteiger partial charge in [0, 0.05) is 11.4 Å². The Morgan fingerprint density at radius 1 is 0.471 bits per heavy atom. The summed E-state index contributed by atoms with van der Waals surface area (Å²) in [5, 5.41) is 3.50. The smallest absolute Gasteiger partial charge is 0.123 e. The van der Waals surface area contributed by atoms with Gasteiger partial charge in [0.05, 0.1) is 5.41 Å². The van der Waals surface area contributed by atoms with Crippen molar-refractivity contribution in [3.05, 3.63) is 155 Å². The first-order valence-electron chi connectivity index (χ1n) is 11.2. The molecule has 1 aliphatic carbocycles. The molecule has 0 aromatic heterocycles. The van der Waals surface area contributed by atoms with Crippen LogP contribution in [0, 0.1) is 11.6 Å². The molecule has 0 amide bonds. The molecule has 1 nitrogen and oxygen atoms in total. The first-order chi connectivity index (χ1) is 16.7. The summed E-state index contributed by atoms with van der Waals surface area (Å²) in [6.45, 7) is 0. The van der Waals surface area contributed by atoms with Crippen molar-refractivity contribution in [1.29, 1.82) is 0 Å². The summed E-state index contributed by atoms with van der Waals surface area (Å²) < 4.78 is 28.0. The highest BCUT2D eigenvalue weighted by molar-refractivity contribution is 5.87. The molecule has 0 bridgehead atoms. The molecule has 0 aliphatic heterocycles. The molecule has 5 aromatic rings. The van der Waals surface area contributed by atoms with Crippen LogP contribution in [0.15, 0.2) is 121 Å². The van der Waals surface area contributed by atoms with Gasteiger partial charge in [-0.2, -0.15) is 0 Å². The Morgan fingerprint density at radius 2 is 1.03 bits per heavy atom. The van der Waals surface area contributed by atoms with Crippen LogP contribution >= 0.6 is 0 Å². The average molecular weight is 446 g/mol. The molecule has 0 fully saturated rings. The molecular weight excluding hydrogens is 424 g/mol.